The normalized spacial score (nSPS) is 15.2. The molecule has 0 saturated carbocycles. The summed E-state index contributed by atoms with van der Waals surface area (Å²) in [6, 6.07) is 7.87. The molecule has 1 N–H and O–H groups in total. The molecule has 8 heteroatoms. The van der Waals surface area contributed by atoms with E-state index in [-0.39, 0.29) is 0 Å². The lowest BCUT2D eigenvalue weighted by molar-refractivity contribution is -0.143. The Morgan fingerprint density at radius 2 is 1.33 bits per heavy atom. The van der Waals surface area contributed by atoms with Crippen LogP contribution in [-0.4, -0.2) is 123 Å². The zero-order valence-electron chi connectivity index (χ0n) is 21.3. The maximum atomic E-state index is 12.9. The summed E-state index contributed by atoms with van der Waals surface area (Å²) in [5, 5.41) is 2.79. The number of likely N-dealkylation sites (N-methyl/N-ethyl adjacent to an activating group) is 1. The molecule has 0 unspecified atom stereocenters. The molecule has 0 bridgehead atoms. The van der Waals surface area contributed by atoms with Gasteiger partial charge in [0, 0.05) is 51.5 Å². The van der Waals surface area contributed by atoms with Gasteiger partial charge < -0.3 is 24.9 Å². The molecule has 0 aromatic heterocycles. The number of amides is 2. The molecule has 0 spiro atoms. The van der Waals surface area contributed by atoms with E-state index < -0.39 is 11.8 Å². The van der Waals surface area contributed by atoms with Crippen LogP contribution in [0, 0.1) is 0 Å². The lowest BCUT2D eigenvalue weighted by atomic mass is 10.1. The molecule has 1 aliphatic rings. The number of benzene rings is 1. The first-order chi connectivity index (χ1) is 15.8. The number of rotatable bonds is 12. The van der Waals surface area contributed by atoms with Crippen LogP contribution in [0.5, 0.6) is 0 Å². The quantitative estimate of drug-likeness (QED) is 0.477. The fourth-order valence-corrected chi connectivity index (χ4v) is 4.01. The van der Waals surface area contributed by atoms with Gasteiger partial charge in [0.1, 0.15) is 0 Å². The fourth-order valence-electron chi connectivity index (χ4n) is 4.01. The summed E-state index contributed by atoms with van der Waals surface area (Å²) in [5.74, 6) is -1.02. The first-order valence-corrected chi connectivity index (χ1v) is 12.2. The summed E-state index contributed by atoms with van der Waals surface area (Å²) in [7, 11) is 8.05. The third-order valence-corrected chi connectivity index (χ3v) is 6.08. The predicted octanol–water partition coefficient (Wildman–Crippen LogP) is 1.49. The van der Waals surface area contributed by atoms with E-state index in [0.29, 0.717) is 18.8 Å². The van der Waals surface area contributed by atoms with Crippen LogP contribution in [0.15, 0.2) is 24.3 Å². The van der Waals surface area contributed by atoms with Gasteiger partial charge in [-0.2, -0.15) is 0 Å². The summed E-state index contributed by atoms with van der Waals surface area (Å²) in [4.78, 5) is 36.3. The fraction of sp³-hybridized carbons (Fsp3) is 0.680. The van der Waals surface area contributed by atoms with E-state index in [9.17, 15) is 9.59 Å². The highest BCUT2D eigenvalue weighted by Gasteiger charge is 2.22. The summed E-state index contributed by atoms with van der Waals surface area (Å²) in [6.07, 6.45) is 1.68. The molecule has 1 heterocycles. The van der Waals surface area contributed by atoms with Gasteiger partial charge >= 0.3 is 11.8 Å². The minimum Gasteiger partial charge on any atom is -0.334 e. The molecule has 186 valence electrons. The van der Waals surface area contributed by atoms with E-state index in [1.54, 1.807) is 4.90 Å². The van der Waals surface area contributed by atoms with Crippen LogP contribution in [0.3, 0.4) is 0 Å². The molecule has 2 amide bonds. The van der Waals surface area contributed by atoms with Crippen molar-refractivity contribution in [1.29, 1.82) is 0 Å². The Hall–Kier alpha value is -2.00. The van der Waals surface area contributed by atoms with E-state index in [1.165, 1.54) is 5.56 Å². The summed E-state index contributed by atoms with van der Waals surface area (Å²) in [6.45, 7) is 11.6. The van der Waals surface area contributed by atoms with Crippen LogP contribution in [0.2, 0.25) is 0 Å². The largest absolute Gasteiger partial charge is 0.334 e. The molecule has 2 rings (SSSR count). The number of piperazine rings is 1. The van der Waals surface area contributed by atoms with Gasteiger partial charge in [0.05, 0.1) is 0 Å². The third-order valence-electron chi connectivity index (χ3n) is 6.08. The second kappa shape index (κ2) is 14.3. The Kier molecular flexibility index (Phi) is 11.8. The zero-order valence-corrected chi connectivity index (χ0v) is 21.3. The lowest BCUT2D eigenvalue weighted by Gasteiger charge is -2.34. The molecule has 1 saturated heterocycles. The van der Waals surface area contributed by atoms with E-state index in [4.69, 9.17) is 0 Å². The standard InChI is InChI=1S/C25H44N6O2/c1-6-29-17-19-30(20-18-29)21-22-9-11-23(12-10-22)26-24(32)25(33)31(15-7-13-27(2)3)16-8-14-28(4)5/h9-12H,6-8,13-21H2,1-5H3,(H,26,32). The van der Waals surface area contributed by atoms with Gasteiger partial charge in [-0.05, 0) is 78.4 Å². The van der Waals surface area contributed by atoms with Crippen LogP contribution in [0.1, 0.15) is 25.3 Å². The minimum absolute atomic E-state index is 0.453. The van der Waals surface area contributed by atoms with Gasteiger partial charge in [-0.3, -0.25) is 14.5 Å². The van der Waals surface area contributed by atoms with Crippen molar-refractivity contribution >= 4 is 17.5 Å². The molecule has 1 aromatic rings. The first kappa shape index (κ1) is 27.2. The number of carbonyl (C=O) groups is 2. The predicted molar refractivity (Wildman–Crippen MR) is 135 cm³/mol. The lowest BCUT2D eigenvalue weighted by Crippen LogP contribution is -2.45. The molecule has 0 atom stereocenters. The molecule has 0 aliphatic carbocycles. The van der Waals surface area contributed by atoms with Crippen molar-refractivity contribution in [2.24, 2.45) is 0 Å². The van der Waals surface area contributed by atoms with Crippen LogP contribution in [0.25, 0.3) is 0 Å². The van der Waals surface area contributed by atoms with Crippen molar-refractivity contribution < 1.29 is 9.59 Å². The third kappa shape index (κ3) is 10.2. The number of hydrogen-bond acceptors (Lipinski definition) is 6. The van der Waals surface area contributed by atoms with E-state index in [2.05, 4.69) is 31.8 Å². The van der Waals surface area contributed by atoms with Gasteiger partial charge in [-0.1, -0.05) is 19.1 Å². The Morgan fingerprint density at radius 3 is 1.82 bits per heavy atom. The molecular formula is C25H44N6O2. The number of anilines is 1. The van der Waals surface area contributed by atoms with E-state index in [1.807, 2.05) is 52.5 Å². The molecular weight excluding hydrogens is 416 g/mol. The average molecular weight is 461 g/mol. The van der Waals surface area contributed by atoms with Crippen molar-refractivity contribution in [2.45, 2.75) is 26.3 Å². The van der Waals surface area contributed by atoms with Crippen molar-refractivity contribution in [1.82, 2.24) is 24.5 Å². The Labute approximate surface area is 200 Å². The summed E-state index contributed by atoms with van der Waals surface area (Å²) < 4.78 is 0. The number of hydrogen-bond donors (Lipinski definition) is 1. The van der Waals surface area contributed by atoms with Crippen molar-refractivity contribution in [3.63, 3.8) is 0 Å². The highest BCUT2D eigenvalue weighted by molar-refractivity contribution is 6.39. The molecule has 33 heavy (non-hydrogen) atoms. The number of nitrogens with one attached hydrogen (secondary N) is 1. The molecule has 1 aliphatic heterocycles. The van der Waals surface area contributed by atoms with Gasteiger partial charge in [0.25, 0.3) is 0 Å². The van der Waals surface area contributed by atoms with Crippen LogP contribution in [0.4, 0.5) is 5.69 Å². The highest BCUT2D eigenvalue weighted by atomic mass is 16.2. The minimum atomic E-state index is -0.562. The topological polar surface area (TPSA) is 62.4 Å². The number of carbonyl (C=O) groups excluding carboxylic acids is 2. The maximum Gasteiger partial charge on any atom is 0.313 e. The monoisotopic (exact) mass is 460 g/mol. The Morgan fingerprint density at radius 1 is 0.818 bits per heavy atom. The smallest absolute Gasteiger partial charge is 0.313 e. The summed E-state index contributed by atoms with van der Waals surface area (Å²) >= 11 is 0. The first-order valence-electron chi connectivity index (χ1n) is 12.2. The molecule has 8 nitrogen and oxygen atoms in total. The van der Waals surface area contributed by atoms with E-state index >= 15 is 0 Å². The number of nitrogens with zero attached hydrogens (tertiary/aromatic N) is 5. The van der Waals surface area contributed by atoms with Crippen molar-refractivity contribution in [3.8, 4) is 0 Å². The van der Waals surface area contributed by atoms with E-state index in [0.717, 1.165) is 65.2 Å². The second-order valence-corrected chi connectivity index (χ2v) is 9.47. The van der Waals surface area contributed by atoms with Crippen LogP contribution in [-0.2, 0) is 16.1 Å². The van der Waals surface area contributed by atoms with Gasteiger partial charge in [0.2, 0.25) is 0 Å². The van der Waals surface area contributed by atoms with Crippen molar-refractivity contribution in [3.05, 3.63) is 29.8 Å². The van der Waals surface area contributed by atoms with Gasteiger partial charge in [-0.15, -0.1) is 0 Å². The molecule has 1 aromatic carbocycles. The molecule has 0 radical (unpaired) electrons. The van der Waals surface area contributed by atoms with Crippen molar-refractivity contribution in [2.75, 3.05) is 92.4 Å². The second-order valence-electron chi connectivity index (χ2n) is 9.47. The van der Waals surface area contributed by atoms with Gasteiger partial charge in [0.15, 0.2) is 0 Å². The average Bonchev–Trinajstić information content (AvgIpc) is 2.79. The van der Waals surface area contributed by atoms with Crippen LogP contribution >= 0.6 is 0 Å². The molecule has 1 fully saturated rings. The van der Waals surface area contributed by atoms with Crippen LogP contribution < -0.4 is 5.32 Å². The highest BCUT2D eigenvalue weighted by Crippen LogP contribution is 2.13. The maximum absolute atomic E-state index is 12.9. The Balaban J connectivity index is 1.87. The summed E-state index contributed by atoms with van der Waals surface area (Å²) in [5.41, 5.74) is 1.88. The SMILES string of the molecule is CCN1CCN(Cc2ccc(NC(=O)C(=O)N(CCCN(C)C)CCCN(C)C)cc2)CC1. The zero-order chi connectivity index (χ0) is 24.2. The Bertz CT molecular complexity index is 700. The van der Waals surface area contributed by atoms with Gasteiger partial charge in [-0.25, -0.2) is 0 Å².